The van der Waals surface area contributed by atoms with Gasteiger partial charge in [-0.25, -0.2) is 4.98 Å². The summed E-state index contributed by atoms with van der Waals surface area (Å²) in [6.45, 7) is 3.56. The Balaban J connectivity index is 2.15. The average molecular weight is 568 g/mol. The Morgan fingerprint density at radius 3 is 1.80 bits per heavy atom. The summed E-state index contributed by atoms with van der Waals surface area (Å²) < 4.78 is 80.9. The molecule has 6 nitrogen and oxygen atoms in total. The second-order valence-electron chi connectivity index (χ2n) is 9.82. The number of aromatic nitrogens is 1. The molecule has 1 heterocycles. The van der Waals surface area contributed by atoms with Gasteiger partial charge in [0.2, 0.25) is 5.91 Å². The van der Waals surface area contributed by atoms with Crippen LogP contribution in [0.1, 0.15) is 36.1 Å². The Morgan fingerprint density at radius 2 is 1.32 bits per heavy atom. The van der Waals surface area contributed by atoms with Gasteiger partial charge >= 0.3 is 12.4 Å². The highest BCUT2D eigenvalue weighted by molar-refractivity contribution is 6.03. The lowest BCUT2D eigenvalue weighted by atomic mass is 9.81. The summed E-state index contributed by atoms with van der Waals surface area (Å²) >= 11 is 0. The highest BCUT2D eigenvalue weighted by Gasteiger charge is 2.41. The van der Waals surface area contributed by atoms with Gasteiger partial charge in [0.1, 0.15) is 12.4 Å². The molecule has 0 unspecified atom stereocenters. The quantitative estimate of drug-likeness (QED) is 0.372. The number of benzene rings is 2. The van der Waals surface area contributed by atoms with Gasteiger partial charge in [-0.2, -0.15) is 26.3 Å². The van der Waals surface area contributed by atoms with Crippen molar-refractivity contribution in [2.45, 2.75) is 38.5 Å². The van der Waals surface area contributed by atoms with E-state index in [9.17, 15) is 41.0 Å². The smallest absolute Gasteiger partial charge is 0.387 e. The minimum absolute atomic E-state index is 0.0100. The van der Waals surface area contributed by atoms with Gasteiger partial charge in [-0.05, 0) is 56.2 Å². The van der Waals surface area contributed by atoms with Crippen molar-refractivity contribution in [2.75, 3.05) is 30.5 Å². The van der Waals surface area contributed by atoms with E-state index < -0.39 is 52.9 Å². The van der Waals surface area contributed by atoms with Crippen LogP contribution in [-0.2, 0) is 27.4 Å². The first-order chi connectivity index (χ1) is 18.4. The maximum atomic E-state index is 13.7. The third kappa shape index (κ3) is 6.27. The van der Waals surface area contributed by atoms with Crippen LogP contribution in [0.4, 0.5) is 37.8 Å². The highest BCUT2D eigenvalue weighted by Crippen LogP contribution is 2.41. The molecule has 12 heteroatoms. The summed E-state index contributed by atoms with van der Waals surface area (Å²) in [5.41, 5.74) is -3.21. The number of carbonyl (C=O) groups excluding carboxylic acids is 2. The van der Waals surface area contributed by atoms with Crippen LogP contribution in [0.5, 0.6) is 0 Å². The second kappa shape index (κ2) is 10.9. The van der Waals surface area contributed by atoms with Crippen molar-refractivity contribution >= 4 is 23.3 Å². The molecule has 2 aromatic carbocycles. The number of hydrogen-bond acceptors (Lipinski definition) is 4. The fourth-order valence-corrected chi connectivity index (χ4v) is 4.05. The number of halogens is 6. The van der Waals surface area contributed by atoms with Crippen molar-refractivity contribution in [1.29, 1.82) is 0 Å². The number of carbonyl (C=O) groups is 2. The largest absolute Gasteiger partial charge is 0.416 e. The van der Waals surface area contributed by atoms with Crippen LogP contribution >= 0.6 is 0 Å². The minimum atomic E-state index is -5.07. The predicted molar refractivity (Wildman–Crippen MR) is 138 cm³/mol. The average Bonchev–Trinajstić information content (AvgIpc) is 2.90. The lowest BCUT2D eigenvalue weighted by Gasteiger charge is -2.32. The number of aryl methyl sites for hydroxylation is 1. The monoisotopic (exact) mass is 567 g/mol. The molecule has 0 fully saturated rings. The van der Waals surface area contributed by atoms with Gasteiger partial charge in [-0.15, -0.1) is 0 Å². The molecule has 0 saturated heterocycles. The molecule has 3 rings (SSSR count). The molecule has 3 aromatic rings. The van der Waals surface area contributed by atoms with E-state index in [1.807, 2.05) is 6.92 Å². The lowest BCUT2D eigenvalue weighted by molar-refractivity contribution is -0.143. The van der Waals surface area contributed by atoms with Crippen LogP contribution < -0.4 is 9.80 Å². The topological polar surface area (TPSA) is 73.7 Å². The van der Waals surface area contributed by atoms with E-state index in [-0.39, 0.29) is 17.6 Å². The van der Waals surface area contributed by atoms with Crippen molar-refractivity contribution in [3.63, 3.8) is 0 Å². The third-order valence-corrected chi connectivity index (χ3v) is 6.59. The standard InChI is InChI=1S/C28H27F6N3O3/c1-16-6-8-17(9-7-16)21-13-23(37(5)24(39)15-38)35-14-22(21)36(4)25(40)26(2,3)18-10-19(27(29,30)31)12-20(11-18)28(32,33)34/h6-14,38H,15H2,1-5H3. The molecule has 0 aliphatic carbocycles. The van der Waals surface area contributed by atoms with E-state index >= 15 is 0 Å². The number of hydrogen-bond donors (Lipinski definition) is 1. The first-order valence-electron chi connectivity index (χ1n) is 11.9. The molecular formula is C28H27F6N3O3. The Kier molecular flexibility index (Phi) is 8.35. The van der Waals surface area contributed by atoms with Gasteiger partial charge in [0.15, 0.2) is 0 Å². The molecule has 0 spiro atoms. The zero-order valence-electron chi connectivity index (χ0n) is 22.3. The fraction of sp³-hybridized carbons (Fsp3) is 0.321. The fourth-order valence-electron chi connectivity index (χ4n) is 4.05. The summed E-state index contributed by atoms with van der Waals surface area (Å²) in [6, 6.07) is 9.68. The van der Waals surface area contributed by atoms with Crippen LogP contribution in [0, 0.1) is 6.92 Å². The molecule has 0 aliphatic heterocycles. The number of rotatable bonds is 6. The molecule has 0 bridgehead atoms. The van der Waals surface area contributed by atoms with Gasteiger partial charge in [0.25, 0.3) is 5.91 Å². The lowest BCUT2D eigenvalue weighted by Crippen LogP contribution is -2.42. The molecule has 0 saturated carbocycles. The van der Waals surface area contributed by atoms with Gasteiger partial charge in [-0.3, -0.25) is 14.5 Å². The van der Waals surface area contributed by atoms with Gasteiger partial charge < -0.3 is 10.0 Å². The van der Waals surface area contributed by atoms with Crippen molar-refractivity contribution in [3.8, 4) is 11.1 Å². The van der Waals surface area contributed by atoms with Crippen molar-refractivity contribution in [1.82, 2.24) is 4.98 Å². The number of aliphatic hydroxyl groups is 1. The van der Waals surface area contributed by atoms with E-state index in [0.29, 0.717) is 23.3 Å². The number of aliphatic hydroxyl groups excluding tert-OH is 1. The Morgan fingerprint density at radius 1 is 0.825 bits per heavy atom. The highest BCUT2D eigenvalue weighted by atomic mass is 19.4. The third-order valence-electron chi connectivity index (χ3n) is 6.59. The summed E-state index contributed by atoms with van der Waals surface area (Å²) in [4.78, 5) is 32.2. The maximum absolute atomic E-state index is 13.7. The summed E-state index contributed by atoms with van der Waals surface area (Å²) in [6.07, 6.45) is -8.87. The van der Waals surface area contributed by atoms with Crippen molar-refractivity contribution in [3.05, 3.63) is 77.0 Å². The first-order valence-corrected chi connectivity index (χ1v) is 11.9. The molecule has 214 valence electrons. The van der Waals surface area contributed by atoms with Crippen LogP contribution in [0.3, 0.4) is 0 Å². The zero-order valence-corrected chi connectivity index (χ0v) is 22.3. The predicted octanol–water partition coefficient (Wildman–Crippen LogP) is 5.99. The van der Waals surface area contributed by atoms with Gasteiger partial charge in [0.05, 0.1) is 28.4 Å². The number of alkyl halides is 6. The number of nitrogens with zero attached hydrogens (tertiary/aromatic N) is 3. The minimum Gasteiger partial charge on any atom is -0.387 e. The van der Waals surface area contributed by atoms with E-state index in [1.54, 1.807) is 24.3 Å². The van der Waals surface area contributed by atoms with E-state index in [2.05, 4.69) is 4.98 Å². The van der Waals surface area contributed by atoms with Gasteiger partial charge in [-0.1, -0.05) is 29.8 Å². The molecular weight excluding hydrogens is 540 g/mol. The normalized spacial score (nSPS) is 12.3. The van der Waals surface area contributed by atoms with E-state index in [0.717, 1.165) is 15.4 Å². The van der Waals surface area contributed by atoms with Crippen LogP contribution in [-0.4, -0.2) is 42.6 Å². The second-order valence-corrected chi connectivity index (χ2v) is 9.82. The molecule has 1 aromatic heterocycles. The van der Waals surface area contributed by atoms with Crippen molar-refractivity contribution in [2.24, 2.45) is 0 Å². The summed E-state index contributed by atoms with van der Waals surface area (Å²) in [5.74, 6) is -1.31. The molecule has 2 amide bonds. The molecule has 0 radical (unpaired) electrons. The Hall–Kier alpha value is -3.93. The Bertz CT molecular complexity index is 1380. The molecule has 40 heavy (non-hydrogen) atoms. The number of likely N-dealkylation sites (N-methyl/N-ethyl adjacent to an activating group) is 2. The van der Waals surface area contributed by atoms with E-state index in [1.165, 1.54) is 40.2 Å². The first kappa shape index (κ1) is 30.6. The molecule has 0 aliphatic rings. The zero-order chi connectivity index (χ0) is 30.2. The molecule has 1 N–H and O–H groups in total. The molecule has 0 atom stereocenters. The number of pyridine rings is 1. The summed E-state index contributed by atoms with van der Waals surface area (Å²) in [5, 5.41) is 9.22. The maximum Gasteiger partial charge on any atom is 0.416 e. The van der Waals surface area contributed by atoms with E-state index in [4.69, 9.17) is 0 Å². The SMILES string of the molecule is Cc1ccc(-c2cc(N(C)C(=O)CO)ncc2N(C)C(=O)C(C)(C)c2cc(C(F)(F)F)cc(C(F)(F)F)c2)cc1. The van der Waals surface area contributed by atoms with Crippen LogP contribution in [0.15, 0.2) is 54.7 Å². The Labute approximate surface area is 226 Å². The summed E-state index contributed by atoms with van der Waals surface area (Å²) in [7, 11) is 2.72. The van der Waals surface area contributed by atoms with Crippen molar-refractivity contribution < 1.29 is 41.0 Å². The van der Waals surface area contributed by atoms with Gasteiger partial charge in [0, 0.05) is 19.7 Å². The van der Waals surface area contributed by atoms with Crippen LogP contribution in [0.2, 0.25) is 0 Å². The van der Waals surface area contributed by atoms with Crippen LogP contribution in [0.25, 0.3) is 11.1 Å². The number of amides is 2. The number of anilines is 2.